The zero-order valence-electron chi connectivity index (χ0n) is 9.17. The number of rotatable bonds is 4. The van der Waals surface area contributed by atoms with E-state index in [1.54, 1.807) is 0 Å². The average Bonchev–Trinajstić information content (AvgIpc) is 3.01. The maximum Gasteiger partial charge on any atom is 0.0221 e. The molecule has 2 saturated carbocycles. The molecule has 2 fully saturated rings. The molecule has 14 heavy (non-hydrogen) atoms. The third-order valence-electron chi connectivity index (χ3n) is 3.75. The Morgan fingerprint density at radius 1 is 1.00 bits per heavy atom. The smallest absolute Gasteiger partial charge is 0.0221 e. The molecule has 2 rings (SSSR count). The molecule has 2 heteroatoms. The lowest BCUT2D eigenvalue weighted by atomic mass is 10.1. The molecule has 1 unspecified atom stereocenters. The highest BCUT2D eigenvalue weighted by Gasteiger charge is 2.31. The third kappa shape index (κ3) is 2.96. The van der Waals surface area contributed by atoms with E-state index in [1.807, 2.05) is 0 Å². The van der Waals surface area contributed by atoms with E-state index in [1.165, 1.54) is 51.4 Å². The van der Waals surface area contributed by atoms with Gasteiger partial charge in [-0.3, -0.25) is 0 Å². The highest BCUT2D eigenvalue weighted by molar-refractivity contribution is 4.89. The fourth-order valence-electron chi connectivity index (χ4n) is 2.64. The van der Waals surface area contributed by atoms with Gasteiger partial charge < -0.3 is 11.1 Å². The minimum atomic E-state index is 0.623. The van der Waals surface area contributed by atoms with Crippen molar-refractivity contribution < 1.29 is 0 Å². The van der Waals surface area contributed by atoms with Crippen LogP contribution in [0.25, 0.3) is 0 Å². The van der Waals surface area contributed by atoms with Gasteiger partial charge in [0.05, 0.1) is 0 Å². The first-order chi connectivity index (χ1) is 6.90. The summed E-state index contributed by atoms with van der Waals surface area (Å²) in [5, 5.41) is 3.78. The van der Waals surface area contributed by atoms with E-state index >= 15 is 0 Å². The van der Waals surface area contributed by atoms with Gasteiger partial charge in [0, 0.05) is 18.6 Å². The fraction of sp³-hybridized carbons (Fsp3) is 1.00. The molecule has 82 valence electrons. The Hall–Kier alpha value is -0.0800. The predicted molar refractivity (Wildman–Crippen MR) is 60.2 cm³/mol. The van der Waals surface area contributed by atoms with Gasteiger partial charge in [-0.25, -0.2) is 0 Å². The molecule has 0 aromatic rings. The minimum absolute atomic E-state index is 0.623. The Kier molecular flexibility index (Phi) is 3.82. The van der Waals surface area contributed by atoms with Crippen molar-refractivity contribution in [3.63, 3.8) is 0 Å². The summed E-state index contributed by atoms with van der Waals surface area (Å²) in [7, 11) is 0. The standard InChI is InChI=1S/C12H24N2/c13-9-12(10-7-8-10)14-11-5-3-1-2-4-6-11/h10-12,14H,1-9,13H2. The van der Waals surface area contributed by atoms with Crippen LogP contribution in [0.4, 0.5) is 0 Å². The lowest BCUT2D eigenvalue weighted by Gasteiger charge is -2.23. The monoisotopic (exact) mass is 196 g/mol. The molecule has 3 N–H and O–H groups in total. The molecule has 0 aliphatic heterocycles. The second-order valence-corrected chi connectivity index (χ2v) is 5.03. The van der Waals surface area contributed by atoms with E-state index in [9.17, 15) is 0 Å². The zero-order valence-corrected chi connectivity index (χ0v) is 9.17. The lowest BCUT2D eigenvalue weighted by molar-refractivity contribution is 0.371. The van der Waals surface area contributed by atoms with Crippen LogP contribution in [0, 0.1) is 5.92 Å². The van der Waals surface area contributed by atoms with Crippen LogP contribution in [-0.2, 0) is 0 Å². The van der Waals surface area contributed by atoms with Crippen molar-refractivity contribution in [1.82, 2.24) is 5.32 Å². The maximum atomic E-state index is 5.81. The summed E-state index contributed by atoms with van der Waals surface area (Å²) in [4.78, 5) is 0. The van der Waals surface area contributed by atoms with Crippen molar-refractivity contribution in [2.24, 2.45) is 11.7 Å². The van der Waals surface area contributed by atoms with E-state index in [0.717, 1.165) is 18.5 Å². The Labute approximate surface area is 87.6 Å². The Morgan fingerprint density at radius 3 is 2.14 bits per heavy atom. The molecule has 0 saturated heterocycles. The van der Waals surface area contributed by atoms with Crippen LogP contribution in [-0.4, -0.2) is 18.6 Å². The van der Waals surface area contributed by atoms with Crippen LogP contribution in [0.15, 0.2) is 0 Å². The van der Waals surface area contributed by atoms with Gasteiger partial charge in [-0.05, 0) is 31.6 Å². The van der Waals surface area contributed by atoms with E-state index in [0.29, 0.717) is 6.04 Å². The van der Waals surface area contributed by atoms with Crippen LogP contribution >= 0.6 is 0 Å². The van der Waals surface area contributed by atoms with Crippen molar-refractivity contribution in [3.05, 3.63) is 0 Å². The van der Waals surface area contributed by atoms with E-state index in [2.05, 4.69) is 5.32 Å². The summed E-state index contributed by atoms with van der Waals surface area (Å²) < 4.78 is 0. The molecule has 2 aliphatic rings. The van der Waals surface area contributed by atoms with Crippen LogP contribution < -0.4 is 11.1 Å². The molecule has 2 aliphatic carbocycles. The molecule has 0 bridgehead atoms. The SMILES string of the molecule is NCC(NC1CCCCCC1)C1CC1. The predicted octanol–water partition coefficient (Wildman–Crippen LogP) is 2.04. The Bertz CT molecular complexity index is 158. The van der Waals surface area contributed by atoms with Crippen LogP contribution in [0.2, 0.25) is 0 Å². The summed E-state index contributed by atoms with van der Waals surface area (Å²) in [6.45, 7) is 0.834. The first kappa shape index (κ1) is 10.4. The minimum Gasteiger partial charge on any atom is -0.329 e. The van der Waals surface area contributed by atoms with Gasteiger partial charge >= 0.3 is 0 Å². The molecule has 2 nitrogen and oxygen atoms in total. The zero-order chi connectivity index (χ0) is 9.80. The van der Waals surface area contributed by atoms with E-state index < -0.39 is 0 Å². The van der Waals surface area contributed by atoms with E-state index in [-0.39, 0.29) is 0 Å². The van der Waals surface area contributed by atoms with Gasteiger partial charge in [0.25, 0.3) is 0 Å². The molecular formula is C12H24N2. The summed E-state index contributed by atoms with van der Waals surface area (Å²) in [6.07, 6.45) is 11.3. The van der Waals surface area contributed by atoms with Gasteiger partial charge in [-0.1, -0.05) is 25.7 Å². The van der Waals surface area contributed by atoms with Crippen molar-refractivity contribution in [2.75, 3.05) is 6.54 Å². The topological polar surface area (TPSA) is 38.0 Å². The number of nitrogens with two attached hydrogens (primary N) is 1. The van der Waals surface area contributed by atoms with Gasteiger partial charge in [-0.2, -0.15) is 0 Å². The first-order valence-corrected chi connectivity index (χ1v) is 6.36. The van der Waals surface area contributed by atoms with Crippen LogP contribution in [0.1, 0.15) is 51.4 Å². The molecule has 0 aromatic heterocycles. The fourth-order valence-corrected chi connectivity index (χ4v) is 2.64. The van der Waals surface area contributed by atoms with Gasteiger partial charge in [-0.15, -0.1) is 0 Å². The maximum absolute atomic E-state index is 5.81. The molecule has 1 atom stereocenters. The molecule has 0 amide bonds. The summed E-state index contributed by atoms with van der Waals surface area (Å²) in [5.41, 5.74) is 5.81. The van der Waals surface area contributed by atoms with Gasteiger partial charge in [0.15, 0.2) is 0 Å². The molecule has 0 aromatic carbocycles. The van der Waals surface area contributed by atoms with Crippen LogP contribution in [0.5, 0.6) is 0 Å². The van der Waals surface area contributed by atoms with Crippen molar-refractivity contribution in [3.8, 4) is 0 Å². The number of hydrogen-bond acceptors (Lipinski definition) is 2. The third-order valence-corrected chi connectivity index (χ3v) is 3.75. The van der Waals surface area contributed by atoms with Gasteiger partial charge in [0.1, 0.15) is 0 Å². The molecular weight excluding hydrogens is 172 g/mol. The number of nitrogens with one attached hydrogen (secondary N) is 1. The van der Waals surface area contributed by atoms with Crippen molar-refractivity contribution in [2.45, 2.75) is 63.5 Å². The van der Waals surface area contributed by atoms with Crippen LogP contribution in [0.3, 0.4) is 0 Å². The Morgan fingerprint density at radius 2 is 1.64 bits per heavy atom. The summed E-state index contributed by atoms with van der Waals surface area (Å²) in [6, 6.07) is 1.39. The van der Waals surface area contributed by atoms with Gasteiger partial charge in [0.2, 0.25) is 0 Å². The van der Waals surface area contributed by atoms with Crippen molar-refractivity contribution >= 4 is 0 Å². The quantitative estimate of drug-likeness (QED) is 0.675. The van der Waals surface area contributed by atoms with E-state index in [4.69, 9.17) is 5.73 Å². The average molecular weight is 196 g/mol. The largest absolute Gasteiger partial charge is 0.329 e. The number of hydrogen-bond donors (Lipinski definition) is 2. The molecule has 0 radical (unpaired) electrons. The Balaban J connectivity index is 1.75. The normalized spacial score (nSPS) is 27.2. The second kappa shape index (κ2) is 5.13. The molecule has 0 spiro atoms. The second-order valence-electron chi connectivity index (χ2n) is 5.03. The molecule has 0 heterocycles. The highest BCUT2D eigenvalue weighted by Crippen LogP contribution is 2.33. The van der Waals surface area contributed by atoms with Crippen molar-refractivity contribution in [1.29, 1.82) is 0 Å². The highest BCUT2D eigenvalue weighted by atomic mass is 15.0. The summed E-state index contributed by atoms with van der Waals surface area (Å²) in [5.74, 6) is 0.906. The lowest BCUT2D eigenvalue weighted by Crippen LogP contribution is -2.44. The first-order valence-electron chi connectivity index (χ1n) is 6.36. The summed E-state index contributed by atoms with van der Waals surface area (Å²) >= 11 is 0.